The molecule has 3 aliphatic carbocycles. The second-order valence-electron chi connectivity index (χ2n) is 11.1. The summed E-state index contributed by atoms with van der Waals surface area (Å²) in [6.07, 6.45) is 8.92. The van der Waals surface area contributed by atoms with E-state index < -0.39 is 0 Å². The largest absolute Gasteiger partial charge is 0.375 e. The maximum atomic E-state index is 4.08. The van der Waals surface area contributed by atoms with E-state index in [1.165, 1.54) is 43.4 Å². The third-order valence-electron chi connectivity index (χ3n) is 6.94. The van der Waals surface area contributed by atoms with E-state index in [-0.39, 0.29) is 5.54 Å². The number of allylic oxidation sites excluding steroid dienone is 2. The van der Waals surface area contributed by atoms with Crippen LogP contribution in [0.4, 0.5) is 5.69 Å². The van der Waals surface area contributed by atoms with Gasteiger partial charge >= 0.3 is 0 Å². The molecule has 1 nitrogen and oxygen atoms in total. The Morgan fingerprint density at radius 2 is 1.60 bits per heavy atom. The first kappa shape index (κ1) is 15.7. The van der Waals surface area contributed by atoms with Crippen LogP contribution in [0.25, 0.3) is 5.57 Å². The summed E-state index contributed by atoms with van der Waals surface area (Å²) in [6.45, 7) is 12.3. The van der Waals surface area contributed by atoms with Crippen LogP contribution in [-0.2, 0) is 0 Å². The molecule has 1 heteroatoms. The van der Waals surface area contributed by atoms with Crippen molar-refractivity contribution in [1.29, 1.82) is 0 Å². The van der Waals surface area contributed by atoms with Crippen LogP contribution in [0.2, 0.25) is 0 Å². The number of para-hydroxylation sites is 1. The van der Waals surface area contributed by atoms with E-state index in [9.17, 15) is 0 Å². The lowest BCUT2D eigenvalue weighted by Crippen LogP contribution is -2.57. The van der Waals surface area contributed by atoms with Crippen molar-refractivity contribution in [2.45, 2.75) is 72.3 Å². The van der Waals surface area contributed by atoms with Gasteiger partial charge in [-0.25, -0.2) is 0 Å². The number of hydrogen-bond acceptors (Lipinski definition) is 1. The minimum atomic E-state index is 0.140. The number of rotatable bonds is 0. The Balaban J connectivity index is 1.83. The normalized spacial score (nSPS) is 36.8. The molecule has 0 unspecified atom stereocenters. The van der Waals surface area contributed by atoms with Gasteiger partial charge in [0.1, 0.15) is 0 Å². The van der Waals surface area contributed by atoms with E-state index in [1.807, 2.05) is 0 Å². The van der Waals surface area contributed by atoms with E-state index in [0.717, 1.165) is 0 Å². The Morgan fingerprint density at radius 1 is 0.840 bits per heavy atom. The van der Waals surface area contributed by atoms with Gasteiger partial charge < -0.3 is 5.32 Å². The van der Waals surface area contributed by atoms with Crippen LogP contribution in [0.5, 0.6) is 0 Å². The number of benzene rings is 1. The first-order valence-corrected chi connectivity index (χ1v) is 9.94. The number of fused-ring (bicyclic) bond motifs is 3. The lowest BCUT2D eigenvalue weighted by Gasteiger charge is -2.61. The quantitative estimate of drug-likeness (QED) is 0.565. The zero-order valence-corrected chi connectivity index (χ0v) is 16.4. The average Bonchev–Trinajstić information content (AvgIpc) is 2.41. The molecular formula is C24H31N. The van der Waals surface area contributed by atoms with Crippen molar-refractivity contribution < 1.29 is 0 Å². The molecule has 25 heavy (non-hydrogen) atoms. The highest BCUT2D eigenvalue weighted by Crippen LogP contribution is 2.65. The van der Waals surface area contributed by atoms with Gasteiger partial charge in [-0.1, -0.05) is 58.9 Å². The third-order valence-corrected chi connectivity index (χ3v) is 6.94. The molecule has 0 saturated heterocycles. The van der Waals surface area contributed by atoms with Gasteiger partial charge in [-0.05, 0) is 71.1 Å². The summed E-state index contributed by atoms with van der Waals surface area (Å²) >= 11 is 0. The molecule has 2 atom stereocenters. The number of nitrogens with one attached hydrogen (secondary N) is 1. The molecule has 1 aromatic carbocycles. The monoisotopic (exact) mass is 333 g/mol. The molecule has 0 radical (unpaired) electrons. The molecule has 1 fully saturated rings. The molecule has 1 spiro atoms. The van der Waals surface area contributed by atoms with Crippen molar-refractivity contribution in [3.63, 3.8) is 0 Å². The van der Waals surface area contributed by atoms with E-state index in [4.69, 9.17) is 0 Å². The molecule has 1 aliphatic heterocycles. The first-order valence-electron chi connectivity index (χ1n) is 9.94. The lowest BCUT2D eigenvalue weighted by atomic mass is 9.48. The van der Waals surface area contributed by atoms with Crippen LogP contribution in [0.1, 0.15) is 72.3 Å². The summed E-state index contributed by atoms with van der Waals surface area (Å²) in [5.74, 6) is 0. The molecule has 2 bridgehead atoms. The minimum Gasteiger partial charge on any atom is -0.375 e. The number of hydrogen-bond donors (Lipinski definition) is 1. The molecule has 132 valence electrons. The van der Waals surface area contributed by atoms with Crippen molar-refractivity contribution in [1.82, 2.24) is 0 Å². The standard InChI is InChI=1S/C24H31N/c1-21(2)10-16-11-23(5)13-22(3,4)14-24(15-23)20(16)18(12-21)17-8-6-7-9-19(17)25-24/h6-9,11,25H,10,12-15H2,1-5H3/t23-,24+/m1/s1. The fraction of sp³-hybridized carbons (Fsp3) is 0.583. The fourth-order valence-electron chi connectivity index (χ4n) is 7.13. The van der Waals surface area contributed by atoms with Crippen LogP contribution >= 0.6 is 0 Å². The maximum Gasteiger partial charge on any atom is 0.0644 e. The van der Waals surface area contributed by atoms with Gasteiger partial charge in [0, 0.05) is 11.3 Å². The van der Waals surface area contributed by atoms with Gasteiger partial charge in [-0.3, -0.25) is 0 Å². The molecule has 1 saturated carbocycles. The highest BCUT2D eigenvalue weighted by atomic mass is 15.0. The Bertz CT molecular complexity index is 837. The molecule has 1 heterocycles. The average molecular weight is 334 g/mol. The summed E-state index contributed by atoms with van der Waals surface area (Å²) in [4.78, 5) is 0. The first-order chi connectivity index (χ1) is 11.6. The Labute approximate surface area is 152 Å². The molecule has 5 rings (SSSR count). The van der Waals surface area contributed by atoms with E-state index >= 15 is 0 Å². The summed E-state index contributed by atoms with van der Waals surface area (Å²) < 4.78 is 0. The van der Waals surface area contributed by atoms with E-state index in [2.05, 4.69) is 70.3 Å². The van der Waals surface area contributed by atoms with Crippen LogP contribution in [0.15, 0.2) is 41.5 Å². The van der Waals surface area contributed by atoms with Crippen molar-refractivity contribution in [2.24, 2.45) is 16.2 Å². The molecule has 1 N–H and O–H groups in total. The SMILES string of the molecule is CC1(C)CC2=C[C@]3(C)CC(C)(C)C[C@@]4(C3)Nc3ccccc3C(=C24)C1. The van der Waals surface area contributed by atoms with Crippen LogP contribution in [0.3, 0.4) is 0 Å². The number of anilines is 1. The van der Waals surface area contributed by atoms with Crippen molar-refractivity contribution in [3.05, 3.63) is 47.1 Å². The third kappa shape index (κ3) is 2.20. The van der Waals surface area contributed by atoms with E-state index in [1.54, 1.807) is 16.7 Å². The fourth-order valence-corrected chi connectivity index (χ4v) is 7.13. The Kier molecular flexibility index (Phi) is 2.78. The van der Waals surface area contributed by atoms with Crippen molar-refractivity contribution in [2.75, 3.05) is 5.32 Å². The lowest BCUT2D eigenvalue weighted by molar-refractivity contribution is 0.0837. The molecule has 1 aromatic rings. The molecule has 0 aromatic heterocycles. The van der Waals surface area contributed by atoms with Crippen LogP contribution < -0.4 is 5.32 Å². The van der Waals surface area contributed by atoms with Crippen LogP contribution in [-0.4, -0.2) is 5.54 Å². The van der Waals surface area contributed by atoms with E-state index in [0.29, 0.717) is 16.2 Å². The molecule has 0 amide bonds. The highest BCUT2D eigenvalue weighted by Gasteiger charge is 2.57. The van der Waals surface area contributed by atoms with Crippen LogP contribution in [0, 0.1) is 16.2 Å². The maximum absolute atomic E-state index is 4.08. The summed E-state index contributed by atoms with van der Waals surface area (Å²) in [5, 5.41) is 4.08. The second kappa shape index (κ2) is 4.42. The van der Waals surface area contributed by atoms with Gasteiger partial charge in [-0.2, -0.15) is 0 Å². The Morgan fingerprint density at radius 3 is 2.40 bits per heavy atom. The smallest absolute Gasteiger partial charge is 0.0644 e. The zero-order chi connectivity index (χ0) is 17.7. The topological polar surface area (TPSA) is 12.0 Å². The summed E-state index contributed by atoms with van der Waals surface area (Å²) in [5.41, 5.74) is 8.96. The predicted molar refractivity (Wildman–Crippen MR) is 107 cm³/mol. The second-order valence-corrected chi connectivity index (χ2v) is 11.1. The predicted octanol–water partition coefficient (Wildman–Crippen LogP) is 6.58. The van der Waals surface area contributed by atoms with Gasteiger partial charge in [0.25, 0.3) is 0 Å². The van der Waals surface area contributed by atoms with Gasteiger partial charge in [0.2, 0.25) is 0 Å². The van der Waals surface area contributed by atoms with Gasteiger partial charge in [0.05, 0.1) is 5.54 Å². The Hall–Kier alpha value is -1.50. The molecular weight excluding hydrogens is 302 g/mol. The van der Waals surface area contributed by atoms with Gasteiger partial charge in [0.15, 0.2) is 0 Å². The summed E-state index contributed by atoms with van der Waals surface area (Å²) in [6, 6.07) is 9.02. The van der Waals surface area contributed by atoms with Crippen molar-refractivity contribution >= 4 is 11.3 Å². The molecule has 4 aliphatic rings. The highest BCUT2D eigenvalue weighted by molar-refractivity contribution is 5.88. The zero-order valence-electron chi connectivity index (χ0n) is 16.4. The van der Waals surface area contributed by atoms with Crippen molar-refractivity contribution in [3.8, 4) is 0 Å². The minimum absolute atomic E-state index is 0.140. The van der Waals surface area contributed by atoms with Gasteiger partial charge in [-0.15, -0.1) is 0 Å². The summed E-state index contributed by atoms with van der Waals surface area (Å²) in [7, 11) is 0.